The quantitative estimate of drug-likeness (QED) is 0.642. The van der Waals surface area contributed by atoms with Crippen molar-refractivity contribution in [2.45, 2.75) is 19.9 Å². The monoisotopic (exact) mass is 334 g/mol. The second-order valence-electron chi connectivity index (χ2n) is 4.70. The van der Waals surface area contributed by atoms with Crippen LogP contribution < -0.4 is 5.32 Å². The van der Waals surface area contributed by atoms with Crippen molar-refractivity contribution >= 4 is 27.3 Å². The molecule has 0 radical (unpaired) electrons. The van der Waals surface area contributed by atoms with Gasteiger partial charge >= 0.3 is 0 Å². The van der Waals surface area contributed by atoms with Crippen LogP contribution in [0.15, 0.2) is 46.9 Å². The average molecular weight is 335 g/mol. The summed E-state index contributed by atoms with van der Waals surface area (Å²) in [5, 5.41) is 14.1. The second kappa shape index (κ2) is 6.05. The zero-order valence-electron chi connectivity index (χ0n) is 11.3. The molecule has 2 aromatic carbocycles. The smallest absolute Gasteiger partial charge is 0.270 e. The number of nitrogens with one attached hydrogen (secondary N) is 1. The maximum absolute atomic E-state index is 10.7. The lowest BCUT2D eigenvalue weighted by molar-refractivity contribution is -0.384. The summed E-state index contributed by atoms with van der Waals surface area (Å²) in [6.07, 6.45) is 0. The number of nitro groups is 1. The number of anilines is 1. The zero-order chi connectivity index (χ0) is 14.7. The number of nitrogens with zero attached hydrogens (tertiary/aromatic N) is 1. The standard InChI is InChI=1S/C15H15BrN2O2/c1-10-4-3-5-12(8-10)11(2)17-15-7-6-13(18(19)20)9-14(15)16/h3-9,11,17H,1-2H3. The molecule has 0 fully saturated rings. The molecule has 0 saturated carbocycles. The summed E-state index contributed by atoms with van der Waals surface area (Å²) in [5.41, 5.74) is 3.30. The molecule has 0 aliphatic rings. The highest BCUT2D eigenvalue weighted by atomic mass is 79.9. The maximum atomic E-state index is 10.7. The first-order valence-corrected chi connectivity index (χ1v) is 7.03. The van der Waals surface area contributed by atoms with E-state index in [1.165, 1.54) is 23.3 Å². The first-order valence-electron chi connectivity index (χ1n) is 6.24. The van der Waals surface area contributed by atoms with Gasteiger partial charge in [-0.05, 0) is 41.4 Å². The predicted octanol–water partition coefficient (Wildman–Crippen LogP) is 4.84. The first kappa shape index (κ1) is 14.5. The Kier molecular flexibility index (Phi) is 4.39. The first-order chi connectivity index (χ1) is 9.47. The van der Waals surface area contributed by atoms with Crippen LogP contribution in [0.25, 0.3) is 0 Å². The molecule has 4 nitrogen and oxygen atoms in total. The summed E-state index contributed by atoms with van der Waals surface area (Å²) < 4.78 is 0.686. The van der Waals surface area contributed by atoms with E-state index < -0.39 is 4.92 Å². The van der Waals surface area contributed by atoms with Crippen LogP contribution in [0.4, 0.5) is 11.4 Å². The van der Waals surface area contributed by atoms with E-state index in [4.69, 9.17) is 0 Å². The maximum Gasteiger partial charge on any atom is 0.270 e. The molecule has 2 aromatic rings. The molecule has 1 N–H and O–H groups in total. The predicted molar refractivity (Wildman–Crippen MR) is 84.0 cm³/mol. The van der Waals surface area contributed by atoms with E-state index in [0.29, 0.717) is 4.47 Å². The number of non-ortho nitro benzene ring substituents is 1. The number of aryl methyl sites for hydroxylation is 1. The topological polar surface area (TPSA) is 55.2 Å². The molecular weight excluding hydrogens is 320 g/mol. The number of benzene rings is 2. The van der Waals surface area contributed by atoms with Gasteiger partial charge in [-0.1, -0.05) is 29.8 Å². The van der Waals surface area contributed by atoms with E-state index in [2.05, 4.69) is 53.3 Å². The molecule has 20 heavy (non-hydrogen) atoms. The molecule has 2 rings (SSSR count). The molecule has 0 aliphatic heterocycles. The van der Waals surface area contributed by atoms with E-state index in [9.17, 15) is 10.1 Å². The lowest BCUT2D eigenvalue weighted by atomic mass is 10.1. The van der Waals surface area contributed by atoms with Crippen molar-refractivity contribution in [3.63, 3.8) is 0 Å². The molecular formula is C15H15BrN2O2. The average Bonchev–Trinajstić information content (AvgIpc) is 2.40. The summed E-state index contributed by atoms with van der Waals surface area (Å²) in [4.78, 5) is 10.3. The molecule has 5 heteroatoms. The Hall–Kier alpha value is -1.88. The highest BCUT2D eigenvalue weighted by molar-refractivity contribution is 9.10. The fourth-order valence-corrected chi connectivity index (χ4v) is 2.47. The number of halogens is 1. The van der Waals surface area contributed by atoms with E-state index in [1.807, 2.05) is 6.07 Å². The Morgan fingerprint density at radius 1 is 1.25 bits per heavy atom. The van der Waals surface area contributed by atoms with E-state index in [-0.39, 0.29) is 11.7 Å². The van der Waals surface area contributed by atoms with Crippen LogP contribution >= 0.6 is 15.9 Å². The molecule has 0 aromatic heterocycles. The molecule has 1 atom stereocenters. The van der Waals surface area contributed by atoms with E-state index in [0.717, 1.165) is 5.69 Å². The minimum atomic E-state index is -0.404. The summed E-state index contributed by atoms with van der Waals surface area (Å²) in [5.74, 6) is 0. The van der Waals surface area contributed by atoms with Crippen molar-refractivity contribution in [2.75, 3.05) is 5.32 Å². The number of hydrogen-bond donors (Lipinski definition) is 1. The van der Waals surface area contributed by atoms with Crippen molar-refractivity contribution in [1.82, 2.24) is 0 Å². The van der Waals surface area contributed by atoms with Crippen LogP contribution in [0.5, 0.6) is 0 Å². The molecule has 104 valence electrons. The highest BCUT2D eigenvalue weighted by Gasteiger charge is 2.11. The molecule has 0 heterocycles. The lowest BCUT2D eigenvalue weighted by Gasteiger charge is -2.17. The van der Waals surface area contributed by atoms with Crippen LogP contribution in [0, 0.1) is 17.0 Å². The van der Waals surface area contributed by atoms with Gasteiger partial charge in [-0.2, -0.15) is 0 Å². The summed E-state index contributed by atoms with van der Waals surface area (Å²) >= 11 is 3.36. The fourth-order valence-electron chi connectivity index (χ4n) is 1.99. The number of hydrogen-bond acceptors (Lipinski definition) is 3. The SMILES string of the molecule is Cc1cccc(C(C)Nc2ccc([N+](=O)[O-])cc2Br)c1. The van der Waals surface area contributed by atoms with Crippen LogP contribution in [0.3, 0.4) is 0 Å². The molecule has 1 unspecified atom stereocenters. The van der Waals surface area contributed by atoms with E-state index in [1.54, 1.807) is 6.07 Å². The lowest BCUT2D eigenvalue weighted by Crippen LogP contribution is -2.07. The second-order valence-corrected chi connectivity index (χ2v) is 5.56. The number of rotatable bonds is 4. The van der Waals surface area contributed by atoms with Gasteiger partial charge in [0.2, 0.25) is 0 Å². The Balaban J connectivity index is 2.19. The van der Waals surface area contributed by atoms with Crippen LogP contribution in [-0.2, 0) is 0 Å². The van der Waals surface area contributed by atoms with Gasteiger partial charge in [0.25, 0.3) is 5.69 Å². The van der Waals surface area contributed by atoms with Crippen LogP contribution in [-0.4, -0.2) is 4.92 Å². The largest absolute Gasteiger partial charge is 0.378 e. The minimum Gasteiger partial charge on any atom is -0.378 e. The van der Waals surface area contributed by atoms with Gasteiger partial charge in [-0.25, -0.2) is 0 Å². The Morgan fingerprint density at radius 3 is 2.60 bits per heavy atom. The summed E-state index contributed by atoms with van der Waals surface area (Å²) in [7, 11) is 0. The van der Waals surface area contributed by atoms with Crippen molar-refractivity contribution in [3.05, 3.63) is 68.2 Å². The van der Waals surface area contributed by atoms with Gasteiger partial charge < -0.3 is 5.32 Å². The minimum absolute atomic E-state index is 0.0747. The fraction of sp³-hybridized carbons (Fsp3) is 0.200. The van der Waals surface area contributed by atoms with Crippen molar-refractivity contribution < 1.29 is 4.92 Å². The molecule has 0 aliphatic carbocycles. The van der Waals surface area contributed by atoms with Crippen molar-refractivity contribution in [2.24, 2.45) is 0 Å². The third-order valence-corrected chi connectivity index (χ3v) is 3.73. The van der Waals surface area contributed by atoms with Gasteiger partial charge in [0, 0.05) is 28.3 Å². The van der Waals surface area contributed by atoms with E-state index >= 15 is 0 Å². The zero-order valence-corrected chi connectivity index (χ0v) is 12.8. The van der Waals surface area contributed by atoms with Crippen LogP contribution in [0.2, 0.25) is 0 Å². The van der Waals surface area contributed by atoms with Gasteiger partial charge in [0.05, 0.1) is 4.92 Å². The summed E-state index contributed by atoms with van der Waals surface area (Å²) in [6, 6.07) is 13.1. The van der Waals surface area contributed by atoms with Gasteiger partial charge in [-0.15, -0.1) is 0 Å². The molecule has 0 bridgehead atoms. The molecule has 0 amide bonds. The van der Waals surface area contributed by atoms with Crippen LogP contribution in [0.1, 0.15) is 24.1 Å². The highest BCUT2D eigenvalue weighted by Crippen LogP contribution is 2.30. The third-order valence-electron chi connectivity index (χ3n) is 3.08. The number of nitro benzene ring substituents is 1. The van der Waals surface area contributed by atoms with Gasteiger partial charge in [0.15, 0.2) is 0 Å². The molecule has 0 spiro atoms. The van der Waals surface area contributed by atoms with Gasteiger partial charge in [0.1, 0.15) is 0 Å². The van der Waals surface area contributed by atoms with Crippen molar-refractivity contribution in [1.29, 1.82) is 0 Å². The van der Waals surface area contributed by atoms with Crippen molar-refractivity contribution in [3.8, 4) is 0 Å². The Bertz CT molecular complexity index is 644. The molecule has 0 saturated heterocycles. The third kappa shape index (κ3) is 3.36. The Labute approximate surface area is 126 Å². The normalized spacial score (nSPS) is 11.9. The van der Waals surface area contributed by atoms with Gasteiger partial charge in [-0.3, -0.25) is 10.1 Å². The Morgan fingerprint density at radius 2 is 2.00 bits per heavy atom. The summed E-state index contributed by atoms with van der Waals surface area (Å²) in [6.45, 7) is 4.11.